The van der Waals surface area contributed by atoms with Crippen LogP contribution in [0.1, 0.15) is 0 Å². The Morgan fingerprint density at radius 3 is 3.06 bits per heavy atom. The quantitative estimate of drug-likeness (QED) is 0.481. The molecule has 0 unspecified atom stereocenters. The van der Waals surface area contributed by atoms with Crippen molar-refractivity contribution in [3.8, 4) is 0 Å². The van der Waals surface area contributed by atoms with Crippen LogP contribution in [0, 0.1) is 0 Å². The Morgan fingerprint density at radius 1 is 1.06 bits per heavy atom. The number of hydrogen-bond acceptors (Lipinski definition) is 2. The van der Waals surface area contributed by atoms with Gasteiger partial charge in [0.15, 0.2) is 0 Å². The Morgan fingerprint density at radius 2 is 2.06 bits per heavy atom. The SMILES string of the molecule is c1cc2c(cn1)[nH]c1ccc3ccsc3c12. The fraction of sp³-hybridized carbons (Fsp3) is 0. The van der Waals surface area contributed by atoms with Gasteiger partial charge in [0, 0.05) is 27.2 Å². The molecule has 0 bridgehead atoms. The molecule has 0 aliphatic heterocycles. The molecule has 2 nitrogen and oxygen atoms in total. The molecule has 0 amide bonds. The van der Waals surface area contributed by atoms with Crippen LogP contribution in [-0.2, 0) is 0 Å². The number of benzene rings is 1. The Hall–Kier alpha value is -1.87. The minimum absolute atomic E-state index is 1.11. The molecule has 0 atom stereocenters. The topological polar surface area (TPSA) is 28.7 Å². The average molecular weight is 224 g/mol. The monoisotopic (exact) mass is 224 g/mol. The molecule has 0 radical (unpaired) electrons. The second-order valence-corrected chi connectivity index (χ2v) is 4.79. The van der Waals surface area contributed by atoms with Gasteiger partial charge in [0.05, 0.1) is 11.7 Å². The number of rotatable bonds is 0. The van der Waals surface area contributed by atoms with Gasteiger partial charge in [-0.3, -0.25) is 4.98 Å². The highest BCUT2D eigenvalue weighted by atomic mass is 32.1. The Labute approximate surface area is 95.5 Å². The Kier molecular flexibility index (Phi) is 1.47. The predicted molar refractivity (Wildman–Crippen MR) is 69.0 cm³/mol. The Bertz CT molecular complexity index is 810. The summed E-state index contributed by atoms with van der Waals surface area (Å²) in [6.45, 7) is 0. The third kappa shape index (κ3) is 0.933. The number of aromatic amines is 1. The van der Waals surface area contributed by atoms with Gasteiger partial charge in [0.25, 0.3) is 0 Å². The van der Waals surface area contributed by atoms with Gasteiger partial charge in [-0.25, -0.2) is 0 Å². The van der Waals surface area contributed by atoms with Crippen molar-refractivity contribution in [3.05, 3.63) is 42.0 Å². The summed E-state index contributed by atoms with van der Waals surface area (Å²) in [5, 5.41) is 6.04. The number of nitrogens with zero attached hydrogens (tertiary/aromatic N) is 1. The molecule has 76 valence electrons. The van der Waals surface area contributed by atoms with E-state index in [0.717, 1.165) is 5.52 Å². The molecule has 0 aliphatic rings. The average Bonchev–Trinajstić information content (AvgIpc) is 2.91. The van der Waals surface area contributed by atoms with E-state index in [1.165, 1.54) is 26.4 Å². The van der Waals surface area contributed by atoms with Crippen molar-refractivity contribution in [2.24, 2.45) is 0 Å². The first-order chi connectivity index (χ1) is 7.93. The van der Waals surface area contributed by atoms with Crippen LogP contribution < -0.4 is 0 Å². The fourth-order valence-corrected chi connectivity index (χ4v) is 3.22. The van der Waals surface area contributed by atoms with Gasteiger partial charge in [0.1, 0.15) is 0 Å². The van der Waals surface area contributed by atoms with Gasteiger partial charge in [0.2, 0.25) is 0 Å². The molecular formula is C13H8N2S. The lowest BCUT2D eigenvalue weighted by atomic mass is 10.1. The van der Waals surface area contributed by atoms with Gasteiger partial charge in [-0.2, -0.15) is 0 Å². The van der Waals surface area contributed by atoms with E-state index in [4.69, 9.17) is 0 Å². The second-order valence-electron chi connectivity index (χ2n) is 3.87. The summed E-state index contributed by atoms with van der Waals surface area (Å²) in [7, 11) is 0. The first kappa shape index (κ1) is 8.30. The number of aromatic nitrogens is 2. The van der Waals surface area contributed by atoms with E-state index in [2.05, 4.69) is 39.6 Å². The van der Waals surface area contributed by atoms with Crippen molar-refractivity contribution in [2.45, 2.75) is 0 Å². The van der Waals surface area contributed by atoms with Crippen molar-refractivity contribution in [3.63, 3.8) is 0 Å². The lowest BCUT2D eigenvalue weighted by molar-refractivity contribution is 1.35. The van der Waals surface area contributed by atoms with E-state index in [9.17, 15) is 0 Å². The molecule has 1 aromatic carbocycles. The van der Waals surface area contributed by atoms with Gasteiger partial charge in [-0.15, -0.1) is 11.3 Å². The third-order valence-electron chi connectivity index (χ3n) is 2.98. The minimum Gasteiger partial charge on any atom is -0.353 e. The van der Waals surface area contributed by atoms with Crippen LogP contribution in [-0.4, -0.2) is 9.97 Å². The summed E-state index contributed by atoms with van der Waals surface area (Å²) < 4.78 is 1.36. The molecule has 16 heavy (non-hydrogen) atoms. The summed E-state index contributed by atoms with van der Waals surface area (Å²) >= 11 is 1.80. The highest BCUT2D eigenvalue weighted by Crippen LogP contribution is 2.34. The summed E-state index contributed by atoms with van der Waals surface area (Å²) in [4.78, 5) is 7.55. The standard InChI is InChI=1S/C13H8N2S/c1-2-10-12(13-8(1)4-6-16-13)9-3-5-14-7-11(9)15-10/h1-7,15H. The third-order valence-corrected chi connectivity index (χ3v) is 3.93. The Balaban J connectivity index is 2.42. The molecule has 0 saturated carbocycles. The maximum absolute atomic E-state index is 4.15. The molecule has 1 N–H and O–H groups in total. The smallest absolute Gasteiger partial charge is 0.0651 e. The van der Waals surface area contributed by atoms with Crippen molar-refractivity contribution in [2.75, 3.05) is 0 Å². The molecule has 0 spiro atoms. The van der Waals surface area contributed by atoms with E-state index in [1.807, 2.05) is 12.4 Å². The van der Waals surface area contributed by atoms with Crippen molar-refractivity contribution >= 4 is 43.2 Å². The number of pyridine rings is 1. The lowest BCUT2D eigenvalue weighted by Crippen LogP contribution is -1.69. The maximum atomic E-state index is 4.15. The summed E-state index contributed by atoms with van der Waals surface area (Å²) in [6, 6.07) is 8.55. The molecule has 4 rings (SSSR count). The maximum Gasteiger partial charge on any atom is 0.0651 e. The second kappa shape index (κ2) is 2.83. The number of H-pyrrole nitrogens is 1. The fourth-order valence-electron chi connectivity index (χ4n) is 2.26. The zero-order valence-corrected chi connectivity index (χ0v) is 9.21. The zero-order valence-electron chi connectivity index (χ0n) is 8.40. The van der Waals surface area contributed by atoms with E-state index in [-0.39, 0.29) is 0 Å². The number of thiophene rings is 1. The van der Waals surface area contributed by atoms with Crippen molar-refractivity contribution in [1.29, 1.82) is 0 Å². The van der Waals surface area contributed by atoms with Crippen LogP contribution in [0.2, 0.25) is 0 Å². The molecule has 0 saturated heterocycles. The van der Waals surface area contributed by atoms with Crippen LogP contribution in [0.25, 0.3) is 31.9 Å². The molecule has 3 heterocycles. The summed E-state index contributed by atoms with van der Waals surface area (Å²) in [5.74, 6) is 0. The van der Waals surface area contributed by atoms with E-state index >= 15 is 0 Å². The summed E-state index contributed by atoms with van der Waals surface area (Å²) in [5.41, 5.74) is 2.30. The van der Waals surface area contributed by atoms with Gasteiger partial charge in [-0.1, -0.05) is 6.07 Å². The summed E-state index contributed by atoms with van der Waals surface area (Å²) in [6.07, 6.45) is 3.73. The molecule has 3 aromatic heterocycles. The van der Waals surface area contributed by atoms with E-state index in [0.29, 0.717) is 0 Å². The first-order valence-corrected chi connectivity index (χ1v) is 6.03. The van der Waals surface area contributed by atoms with Crippen LogP contribution in [0.15, 0.2) is 42.0 Å². The highest BCUT2D eigenvalue weighted by molar-refractivity contribution is 7.18. The van der Waals surface area contributed by atoms with E-state index in [1.54, 1.807) is 11.3 Å². The van der Waals surface area contributed by atoms with Gasteiger partial charge in [-0.05, 0) is 29.0 Å². The van der Waals surface area contributed by atoms with Crippen LogP contribution in [0.3, 0.4) is 0 Å². The highest BCUT2D eigenvalue weighted by Gasteiger charge is 2.08. The van der Waals surface area contributed by atoms with Crippen LogP contribution >= 0.6 is 11.3 Å². The number of fused-ring (bicyclic) bond motifs is 5. The number of hydrogen-bond donors (Lipinski definition) is 1. The lowest BCUT2D eigenvalue weighted by Gasteiger charge is -1.93. The van der Waals surface area contributed by atoms with Crippen LogP contribution in [0.5, 0.6) is 0 Å². The number of nitrogens with one attached hydrogen (secondary N) is 1. The largest absolute Gasteiger partial charge is 0.353 e. The normalized spacial score (nSPS) is 11.8. The molecule has 3 heteroatoms. The van der Waals surface area contributed by atoms with Gasteiger partial charge < -0.3 is 4.98 Å². The predicted octanol–water partition coefficient (Wildman–Crippen LogP) is 3.93. The van der Waals surface area contributed by atoms with Crippen LogP contribution in [0.4, 0.5) is 0 Å². The molecule has 0 fully saturated rings. The molecular weight excluding hydrogens is 216 g/mol. The molecule has 4 aromatic rings. The minimum atomic E-state index is 1.11. The van der Waals surface area contributed by atoms with E-state index < -0.39 is 0 Å². The van der Waals surface area contributed by atoms with Crippen molar-refractivity contribution in [1.82, 2.24) is 9.97 Å². The first-order valence-electron chi connectivity index (χ1n) is 5.15. The molecule has 0 aliphatic carbocycles. The van der Waals surface area contributed by atoms with Gasteiger partial charge >= 0.3 is 0 Å². The zero-order chi connectivity index (χ0) is 10.5. The van der Waals surface area contributed by atoms with Crippen molar-refractivity contribution < 1.29 is 0 Å².